The largest absolute Gasteiger partial charge is 0.489 e. The van der Waals surface area contributed by atoms with E-state index in [0.717, 1.165) is 17.2 Å². The van der Waals surface area contributed by atoms with Crippen LogP contribution in [0, 0.1) is 5.82 Å². The Labute approximate surface area is 198 Å². The number of hydrogen-bond donors (Lipinski definition) is 2. The van der Waals surface area contributed by atoms with Crippen LogP contribution in [0.5, 0.6) is 5.75 Å². The molecule has 4 rings (SSSR count). The molecular weight excluding hydrogens is 470 g/mol. The zero-order chi connectivity index (χ0) is 24.6. The Bertz CT molecular complexity index is 1210. The molecule has 10 heteroatoms. The average Bonchev–Trinajstić information content (AvgIpc) is 2.85. The van der Waals surface area contributed by atoms with Gasteiger partial charge < -0.3 is 10.5 Å². The highest BCUT2D eigenvalue weighted by Crippen LogP contribution is 2.33. The molecule has 0 saturated heterocycles. The first kappa shape index (κ1) is 25.0. The third kappa shape index (κ3) is 6.69. The maximum Gasteiger partial charge on any atom is 0.414 e. The van der Waals surface area contributed by atoms with Gasteiger partial charge in [0.1, 0.15) is 29.7 Å². The van der Waals surface area contributed by atoms with Crippen LogP contribution in [0.25, 0.3) is 11.3 Å². The molecule has 0 bridgehead atoms. The van der Waals surface area contributed by atoms with E-state index in [2.05, 4.69) is 27.5 Å². The summed E-state index contributed by atoms with van der Waals surface area (Å²) in [5.41, 5.74) is 7.78. The van der Waals surface area contributed by atoms with Gasteiger partial charge in [-0.15, -0.1) is 17.6 Å². The topological polar surface area (TPSA) is 70.3 Å². The molecule has 0 atom stereocenters. The molecule has 0 radical (unpaired) electrons. The summed E-state index contributed by atoms with van der Waals surface area (Å²) in [5, 5.41) is 0. The Hall–Kier alpha value is -3.63. The molecule has 5 nitrogen and oxygen atoms in total. The summed E-state index contributed by atoms with van der Waals surface area (Å²) in [5.74, 6) is 0.750. The molecule has 0 spiro atoms. The fourth-order valence-electron chi connectivity index (χ4n) is 2.79. The van der Waals surface area contributed by atoms with Gasteiger partial charge >= 0.3 is 6.11 Å². The van der Waals surface area contributed by atoms with Crippen molar-refractivity contribution < 1.29 is 27.4 Å². The normalized spacial score (nSPS) is 10.9. The molecule has 1 heterocycles. The Kier molecular flexibility index (Phi) is 8.44. The molecule has 0 aliphatic heterocycles. The molecule has 0 fully saturated rings. The van der Waals surface area contributed by atoms with Gasteiger partial charge in [-0.3, -0.25) is 4.98 Å². The number of halogens is 4. The zero-order valence-electron chi connectivity index (χ0n) is 17.5. The summed E-state index contributed by atoms with van der Waals surface area (Å²) < 4.78 is 54.8. The van der Waals surface area contributed by atoms with Gasteiger partial charge in [-0.2, -0.15) is 8.78 Å². The highest BCUT2D eigenvalue weighted by atomic mass is 32.1. The number of nitrogens with zero attached hydrogens (tertiary/aromatic N) is 2. The third-order valence-electron chi connectivity index (χ3n) is 4.49. The van der Waals surface area contributed by atoms with Gasteiger partial charge in [0.25, 0.3) is 0 Å². The van der Waals surface area contributed by atoms with Crippen molar-refractivity contribution in [2.45, 2.75) is 17.6 Å². The van der Waals surface area contributed by atoms with Crippen LogP contribution < -0.4 is 10.5 Å². The maximum atomic E-state index is 12.8. The van der Waals surface area contributed by atoms with Gasteiger partial charge in [-0.1, -0.05) is 36.4 Å². The lowest BCUT2D eigenvalue weighted by molar-refractivity contribution is -0.365. The van der Waals surface area contributed by atoms with Crippen molar-refractivity contribution >= 4 is 18.4 Å². The minimum atomic E-state index is -3.92. The van der Waals surface area contributed by atoms with Crippen LogP contribution in [0.2, 0.25) is 0 Å². The summed E-state index contributed by atoms with van der Waals surface area (Å²) in [4.78, 5) is 10.8. The molecule has 3 aromatic carbocycles. The van der Waals surface area contributed by atoms with Gasteiger partial charge in [0.2, 0.25) is 0 Å². The van der Waals surface area contributed by atoms with E-state index >= 15 is 0 Å². The molecular formula is C24H19F4N3O2S. The lowest BCUT2D eigenvalue weighted by Gasteiger charge is -2.11. The predicted molar refractivity (Wildman–Crippen MR) is 122 cm³/mol. The Morgan fingerprint density at radius 3 is 2.15 bits per heavy atom. The molecule has 2 N–H and O–H groups in total. The van der Waals surface area contributed by atoms with Gasteiger partial charge in [0.05, 0.1) is 5.56 Å². The minimum absolute atomic E-state index is 0.0137. The number of thiol groups is 1. The second kappa shape index (κ2) is 11.5. The molecule has 0 amide bonds. The van der Waals surface area contributed by atoms with Crippen LogP contribution >= 0.6 is 12.6 Å². The van der Waals surface area contributed by atoms with Crippen molar-refractivity contribution in [1.82, 2.24) is 9.97 Å². The van der Waals surface area contributed by atoms with Gasteiger partial charge in [0.15, 0.2) is 0 Å². The number of benzene rings is 3. The second-order valence-electron chi connectivity index (χ2n) is 6.84. The van der Waals surface area contributed by atoms with Crippen LogP contribution in [-0.2, 0) is 17.7 Å². The van der Waals surface area contributed by atoms with Crippen molar-refractivity contribution in [2.24, 2.45) is 0 Å². The molecule has 176 valence electrons. The van der Waals surface area contributed by atoms with Crippen molar-refractivity contribution in [3.05, 3.63) is 102 Å². The Morgan fingerprint density at radius 1 is 0.882 bits per heavy atom. The summed E-state index contributed by atoms with van der Waals surface area (Å²) in [6, 6.07) is 18.9. The second-order valence-corrected chi connectivity index (χ2v) is 7.32. The highest BCUT2D eigenvalue weighted by molar-refractivity contribution is 7.80. The van der Waals surface area contributed by atoms with Gasteiger partial charge in [-0.05, 0) is 46.5 Å². The highest BCUT2D eigenvalue weighted by Gasteiger charge is 2.35. The standard InChI is InChI=1S/C17H14FN3O.C7H5F3OS/c18-14-5-7-15(8-6-14)22-11-12-1-3-13(4-2-12)16-17(19)21-10-9-20-16;8-7(9,11-10)5-3-1-2-4-6(5)12/h1-10H,11H2,(H2,19,21);1-4,12H. The van der Waals surface area contributed by atoms with Crippen LogP contribution in [0.3, 0.4) is 0 Å². The summed E-state index contributed by atoms with van der Waals surface area (Å²) in [6.07, 6.45) is -0.751. The quantitative estimate of drug-likeness (QED) is 0.243. The SMILES string of the molecule is FOC(F)(F)c1ccccc1S.Nc1nccnc1-c1ccc(COc2ccc(F)cc2)cc1. The van der Waals surface area contributed by atoms with Crippen molar-refractivity contribution in [3.8, 4) is 17.0 Å². The molecule has 4 aromatic rings. The van der Waals surface area contributed by atoms with Crippen LogP contribution in [0.15, 0.2) is 90.1 Å². The lowest BCUT2D eigenvalue weighted by Crippen LogP contribution is -2.14. The lowest BCUT2D eigenvalue weighted by atomic mass is 10.1. The summed E-state index contributed by atoms with van der Waals surface area (Å²) in [7, 11) is 0. The van der Waals surface area contributed by atoms with Crippen molar-refractivity contribution in [3.63, 3.8) is 0 Å². The van der Waals surface area contributed by atoms with E-state index in [9.17, 15) is 17.7 Å². The van der Waals surface area contributed by atoms with E-state index < -0.39 is 11.7 Å². The number of alkyl halides is 2. The fraction of sp³-hybridized carbons (Fsp3) is 0.0833. The van der Waals surface area contributed by atoms with E-state index in [4.69, 9.17) is 10.5 Å². The predicted octanol–water partition coefficient (Wildman–Crippen LogP) is 6.37. The molecule has 0 saturated carbocycles. The third-order valence-corrected chi connectivity index (χ3v) is 4.88. The first-order valence-corrected chi connectivity index (χ1v) is 10.2. The minimum Gasteiger partial charge on any atom is -0.489 e. The smallest absolute Gasteiger partial charge is 0.414 e. The first-order valence-electron chi connectivity index (χ1n) is 9.80. The Balaban J connectivity index is 0.000000229. The fourth-order valence-corrected chi connectivity index (χ4v) is 3.08. The van der Waals surface area contributed by atoms with Crippen LogP contribution in [0.1, 0.15) is 11.1 Å². The summed E-state index contributed by atoms with van der Waals surface area (Å²) in [6.45, 7) is 0.405. The van der Waals surface area contributed by atoms with E-state index in [1.165, 1.54) is 30.3 Å². The van der Waals surface area contributed by atoms with Crippen molar-refractivity contribution in [2.75, 3.05) is 5.73 Å². The number of aromatic nitrogens is 2. The molecule has 1 aromatic heterocycles. The number of nitrogen functional groups attached to an aromatic ring is 1. The molecule has 34 heavy (non-hydrogen) atoms. The number of ether oxygens (including phenoxy) is 1. The Morgan fingerprint density at radius 2 is 1.53 bits per heavy atom. The maximum absolute atomic E-state index is 12.8. The number of anilines is 1. The zero-order valence-corrected chi connectivity index (χ0v) is 18.4. The van der Waals surface area contributed by atoms with Gasteiger partial charge in [-0.25, -0.2) is 9.37 Å². The van der Waals surface area contributed by atoms with Crippen LogP contribution in [0.4, 0.5) is 23.5 Å². The number of hydrogen-bond acceptors (Lipinski definition) is 6. The number of rotatable bonds is 6. The van der Waals surface area contributed by atoms with Crippen molar-refractivity contribution in [1.29, 1.82) is 0 Å². The summed E-state index contributed by atoms with van der Waals surface area (Å²) >= 11 is 3.72. The van der Waals surface area contributed by atoms with Gasteiger partial charge in [0, 0.05) is 22.9 Å². The van der Waals surface area contributed by atoms with Crippen LogP contribution in [-0.4, -0.2) is 9.97 Å². The molecule has 0 aliphatic rings. The van der Waals surface area contributed by atoms with E-state index in [0.29, 0.717) is 23.9 Å². The first-order chi connectivity index (χ1) is 16.3. The van der Waals surface area contributed by atoms with E-state index in [1.54, 1.807) is 24.5 Å². The monoisotopic (exact) mass is 489 g/mol. The average molecular weight is 489 g/mol. The number of nitrogens with two attached hydrogens (primary N) is 1. The van der Waals surface area contributed by atoms with E-state index in [1.807, 2.05) is 24.3 Å². The molecule has 0 unspecified atom stereocenters. The van der Waals surface area contributed by atoms with E-state index in [-0.39, 0.29) is 10.7 Å². The molecule has 0 aliphatic carbocycles.